The van der Waals surface area contributed by atoms with Crippen molar-refractivity contribution in [2.75, 3.05) is 5.75 Å². The van der Waals surface area contributed by atoms with Crippen molar-refractivity contribution < 1.29 is 0 Å². The van der Waals surface area contributed by atoms with Crippen molar-refractivity contribution in [2.45, 2.75) is 12.7 Å². The van der Waals surface area contributed by atoms with Gasteiger partial charge in [-0.05, 0) is 5.75 Å². The van der Waals surface area contributed by atoms with E-state index in [9.17, 15) is 0 Å². The van der Waals surface area contributed by atoms with Crippen LogP contribution in [0, 0.1) is 0 Å². The Morgan fingerprint density at radius 3 is 2.64 bits per heavy atom. The Balaban J connectivity index is 2.16. The van der Waals surface area contributed by atoms with Crippen molar-refractivity contribution in [3.05, 3.63) is 30.3 Å². The molecule has 1 aromatic rings. The van der Waals surface area contributed by atoms with Crippen LogP contribution in [-0.4, -0.2) is 11.7 Å². The fourth-order valence-corrected chi connectivity index (χ4v) is 2.81. The van der Waals surface area contributed by atoms with Crippen LogP contribution < -0.4 is 5.46 Å². The number of hydrogen-bond acceptors (Lipinski definition) is 1. The van der Waals surface area contributed by atoms with E-state index >= 15 is 0 Å². The summed E-state index contributed by atoms with van der Waals surface area (Å²) >= 11 is 2.10. The molecule has 0 bridgehead atoms. The van der Waals surface area contributed by atoms with E-state index in [4.69, 9.17) is 0 Å². The highest BCUT2D eigenvalue weighted by molar-refractivity contribution is 8.27. The van der Waals surface area contributed by atoms with Crippen molar-refractivity contribution in [2.24, 2.45) is 0 Å². The second-order valence-electron chi connectivity index (χ2n) is 2.91. The maximum absolute atomic E-state index is 2.24. The second-order valence-corrected chi connectivity index (χ2v) is 4.22. The highest BCUT2D eigenvalue weighted by Gasteiger charge is 2.21. The fraction of sp³-hybridized carbons (Fsp3) is 0.333. The molecule has 1 saturated heterocycles. The molecule has 1 aromatic carbocycles. The van der Waals surface area contributed by atoms with Gasteiger partial charge in [0.2, 0.25) is 5.99 Å². The zero-order valence-corrected chi connectivity index (χ0v) is 7.31. The highest BCUT2D eigenvalue weighted by Crippen LogP contribution is 2.22. The largest absolute Gasteiger partial charge is 0.241 e. The molecule has 0 atom stereocenters. The predicted molar refractivity (Wildman–Crippen MR) is 53.7 cm³/mol. The van der Waals surface area contributed by atoms with Gasteiger partial charge in [-0.3, -0.25) is 0 Å². The van der Waals surface area contributed by atoms with Gasteiger partial charge in [-0.1, -0.05) is 48.5 Å². The van der Waals surface area contributed by atoms with E-state index in [1.165, 1.54) is 24.0 Å². The number of rotatable bonds is 1. The molecular formula is C9H11BS. The normalized spacial score (nSPS) is 17.3. The summed E-state index contributed by atoms with van der Waals surface area (Å²) in [5.74, 6) is 2.13. The smallest absolute Gasteiger partial charge is 0.204 e. The lowest BCUT2D eigenvalue weighted by molar-refractivity contribution is 1.11. The molecule has 0 nitrogen and oxygen atoms in total. The molecule has 0 amide bonds. The molecule has 1 heterocycles. The monoisotopic (exact) mass is 162 g/mol. The van der Waals surface area contributed by atoms with Crippen LogP contribution in [0.4, 0.5) is 0 Å². The summed E-state index contributed by atoms with van der Waals surface area (Å²) in [7, 11) is 0. The molecule has 2 heteroatoms. The van der Waals surface area contributed by atoms with Crippen LogP contribution in [0.15, 0.2) is 30.3 Å². The molecule has 11 heavy (non-hydrogen) atoms. The molecule has 56 valence electrons. The van der Waals surface area contributed by atoms with E-state index < -0.39 is 0 Å². The van der Waals surface area contributed by atoms with Gasteiger partial charge in [0, 0.05) is 0 Å². The van der Waals surface area contributed by atoms with Crippen LogP contribution in [0.25, 0.3) is 0 Å². The minimum absolute atomic E-state index is 0.788. The first-order valence-corrected chi connectivity index (χ1v) is 5.18. The maximum Gasteiger partial charge on any atom is 0.241 e. The van der Waals surface area contributed by atoms with Crippen LogP contribution in [0.1, 0.15) is 6.42 Å². The van der Waals surface area contributed by atoms with E-state index in [1.807, 2.05) is 0 Å². The van der Waals surface area contributed by atoms with Gasteiger partial charge in [0.1, 0.15) is 0 Å². The van der Waals surface area contributed by atoms with Gasteiger partial charge >= 0.3 is 0 Å². The first kappa shape index (κ1) is 7.29. The van der Waals surface area contributed by atoms with Gasteiger partial charge in [0.25, 0.3) is 0 Å². The summed E-state index contributed by atoms with van der Waals surface area (Å²) in [5.41, 5.74) is 1.51. The molecule has 2 rings (SSSR count). The SMILES string of the molecule is c1ccc(B2CCCS2)cc1. The summed E-state index contributed by atoms with van der Waals surface area (Å²) in [4.78, 5) is 0. The lowest BCUT2D eigenvalue weighted by atomic mass is 9.65. The van der Waals surface area contributed by atoms with Gasteiger partial charge in [0.05, 0.1) is 0 Å². The van der Waals surface area contributed by atoms with Crippen molar-refractivity contribution in [1.29, 1.82) is 0 Å². The van der Waals surface area contributed by atoms with E-state index in [0.717, 1.165) is 5.99 Å². The standard InChI is InChI=1S/C9H11BS/c1-2-5-9(6-3-1)10-7-4-8-11-10/h1-3,5-6H,4,7-8H2. The molecule has 1 aliphatic heterocycles. The summed E-state index contributed by atoms with van der Waals surface area (Å²) < 4.78 is 0. The number of hydrogen-bond donors (Lipinski definition) is 0. The van der Waals surface area contributed by atoms with E-state index in [0.29, 0.717) is 0 Å². The Morgan fingerprint density at radius 1 is 1.18 bits per heavy atom. The summed E-state index contributed by atoms with van der Waals surface area (Å²) in [6.07, 6.45) is 2.76. The van der Waals surface area contributed by atoms with Crippen molar-refractivity contribution in [1.82, 2.24) is 0 Å². The first-order chi connectivity index (χ1) is 5.47. The van der Waals surface area contributed by atoms with Gasteiger partial charge in [-0.25, -0.2) is 11.6 Å². The third-order valence-corrected chi connectivity index (χ3v) is 3.54. The van der Waals surface area contributed by atoms with Crippen molar-refractivity contribution in [3.63, 3.8) is 0 Å². The van der Waals surface area contributed by atoms with Crippen molar-refractivity contribution in [3.8, 4) is 0 Å². The third-order valence-electron chi connectivity index (χ3n) is 2.10. The average molecular weight is 162 g/mol. The zero-order valence-electron chi connectivity index (χ0n) is 6.49. The minimum Gasteiger partial charge on any atom is -0.204 e. The summed E-state index contributed by atoms with van der Waals surface area (Å²) in [6, 6.07) is 10.8. The summed E-state index contributed by atoms with van der Waals surface area (Å²) in [5, 5.41) is 0. The average Bonchev–Trinajstić information content (AvgIpc) is 2.58. The topological polar surface area (TPSA) is 0 Å². The molecule has 1 fully saturated rings. The molecule has 0 N–H and O–H groups in total. The lowest BCUT2D eigenvalue weighted by Gasteiger charge is -2.02. The Hall–Kier alpha value is -0.365. The van der Waals surface area contributed by atoms with Gasteiger partial charge in [-0.15, -0.1) is 0 Å². The molecule has 0 radical (unpaired) electrons. The highest BCUT2D eigenvalue weighted by atomic mass is 32.2. The Kier molecular flexibility index (Phi) is 2.22. The third kappa shape index (κ3) is 1.62. The molecular weight excluding hydrogens is 151 g/mol. The number of benzene rings is 1. The minimum atomic E-state index is 0.788. The Labute approximate surface area is 72.4 Å². The van der Waals surface area contributed by atoms with Crippen LogP contribution in [-0.2, 0) is 0 Å². The van der Waals surface area contributed by atoms with Gasteiger partial charge in [0.15, 0.2) is 0 Å². The lowest BCUT2D eigenvalue weighted by Crippen LogP contribution is -2.22. The predicted octanol–water partition coefficient (Wildman–Crippen LogP) is 2.02. The van der Waals surface area contributed by atoms with Gasteiger partial charge in [-0.2, -0.15) is 0 Å². The Bertz CT molecular complexity index is 216. The molecule has 0 aliphatic carbocycles. The molecule has 1 aliphatic rings. The molecule has 0 saturated carbocycles. The van der Waals surface area contributed by atoms with Crippen LogP contribution in [0.5, 0.6) is 0 Å². The zero-order chi connectivity index (χ0) is 7.52. The van der Waals surface area contributed by atoms with Crippen LogP contribution in [0.2, 0.25) is 6.32 Å². The van der Waals surface area contributed by atoms with E-state index in [-0.39, 0.29) is 0 Å². The fourth-order valence-electron chi connectivity index (χ4n) is 1.51. The molecule has 0 spiro atoms. The maximum atomic E-state index is 2.24. The van der Waals surface area contributed by atoms with Crippen molar-refractivity contribution >= 4 is 23.1 Å². The van der Waals surface area contributed by atoms with E-state index in [2.05, 4.69) is 41.9 Å². The first-order valence-electron chi connectivity index (χ1n) is 4.13. The molecule has 0 unspecified atom stereocenters. The van der Waals surface area contributed by atoms with Crippen LogP contribution >= 0.6 is 11.6 Å². The second kappa shape index (κ2) is 3.35. The summed E-state index contributed by atoms with van der Waals surface area (Å²) in [6.45, 7) is 0. The van der Waals surface area contributed by atoms with E-state index in [1.54, 1.807) is 0 Å². The Morgan fingerprint density at radius 2 is 2.00 bits per heavy atom. The van der Waals surface area contributed by atoms with Gasteiger partial charge < -0.3 is 0 Å². The van der Waals surface area contributed by atoms with Crippen LogP contribution in [0.3, 0.4) is 0 Å². The quantitative estimate of drug-likeness (QED) is 0.569. The molecule has 0 aromatic heterocycles.